The molecule has 0 aliphatic heterocycles. The Morgan fingerprint density at radius 1 is 1.13 bits per heavy atom. The van der Waals surface area contributed by atoms with Crippen LogP contribution in [0.25, 0.3) is 10.8 Å². The van der Waals surface area contributed by atoms with E-state index in [9.17, 15) is 4.79 Å². The molecule has 0 saturated heterocycles. The van der Waals surface area contributed by atoms with E-state index in [1.165, 1.54) is 0 Å². The second-order valence-corrected chi connectivity index (χ2v) is 8.17. The second kappa shape index (κ2) is 9.39. The highest BCUT2D eigenvalue weighted by molar-refractivity contribution is 9.10. The number of hydrogen-bond donors (Lipinski definition) is 1. The molecular formula is C24H24BrN3O3. The van der Waals surface area contributed by atoms with Crippen LogP contribution in [0.2, 0.25) is 0 Å². The summed E-state index contributed by atoms with van der Waals surface area (Å²) >= 11 is 3.53. The number of rotatable bonds is 8. The van der Waals surface area contributed by atoms with Crippen molar-refractivity contribution < 1.29 is 13.9 Å². The fraction of sp³-hybridized carbons (Fsp3) is 0.250. The molecule has 6 nitrogen and oxygen atoms in total. The van der Waals surface area contributed by atoms with Crippen molar-refractivity contribution in [2.24, 2.45) is 0 Å². The van der Waals surface area contributed by atoms with Crippen LogP contribution in [0.1, 0.15) is 34.1 Å². The molecule has 0 atom stereocenters. The standard InChI is InChI=1S/C24H24BrN3O3/c1-16-23(25)17(2)28(27-16)13-5-12-26-24(29)22-11-10-21(31-22)15-30-20-9-8-18-6-3-4-7-19(18)14-20/h3-4,6-11,14H,5,12-13,15H2,1-2H3,(H,26,29). The van der Waals surface area contributed by atoms with Crippen LogP contribution in [0.3, 0.4) is 0 Å². The first-order valence-electron chi connectivity index (χ1n) is 10.2. The van der Waals surface area contributed by atoms with Crippen LogP contribution in [0, 0.1) is 13.8 Å². The van der Waals surface area contributed by atoms with Crippen molar-refractivity contribution in [2.45, 2.75) is 33.4 Å². The van der Waals surface area contributed by atoms with Gasteiger partial charge in [-0.3, -0.25) is 9.48 Å². The summed E-state index contributed by atoms with van der Waals surface area (Å²) in [5.41, 5.74) is 2.06. The van der Waals surface area contributed by atoms with Gasteiger partial charge in [0.15, 0.2) is 5.76 Å². The van der Waals surface area contributed by atoms with E-state index in [-0.39, 0.29) is 18.3 Å². The zero-order valence-corrected chi connectivity index (χ0v) is 19.1. The van der Waals surface area contributed by atoms with Crippen LogP contribution in [-0.4, -0.2) is 22.2 Å². The molecule has 31 heavy (non-hydrogen) atoms. The van der Waals surface area contributed by atoms with E-state index < -0.39 is 0 Å². The van der Waals surface area contributed by atoms with Crippen LogP contribution >= 0.6 is 15.9 Å². The van der Waals surface area contributed by atoms with Crippen molar-refractivity contribution in [1.82, 2.24) is 15.1 Å². The first kappa shape index (κ1) is 21.2. The minimum absolute atomic E-state index is 0.230. The summed E-state index contributed by atoms with van der Waals surface area (Å²) in [6.07, 6.45) is 0.777. The number of amides is 1. The monoisotopic (exact) mass is 481 g/mol. The summed E-state index contributed by atoms with van der Waals surface area (Å²) < 4.78 is 14.4. The SMILES string of the molecule is Cc1nn(CCCNC(=O)c2ccc(COc3ccc4ccccc4c3)o2)c(C)c1Br. The number of carbonyl (C=O) groups is 1. The molecule has 0 unspecified atom stereocenters. The summed E-state index contributed by atoms with van der Waals surface area (Å²) in [6, 6.07) is 17.5. The van der Waals surface area contributed by atoms with Gasteiger partial charge in [-0.05, 0) is 71.2 Å². The molecule has 1 N–H and O–H groups in total. The number of ether oxygens (including phenoxy) is 1. The lowest BCUT2D eigenvalue weighted by atomic mass is 10.1. The van der Waals surface area contributed by atoms with Gasteiger partial charge in [0.25, 0.3) is 5.91 Å². The van der Waals surface area contributed by atoms with Gasteiger partial charge in [0.2, 0.25) is 0 Å². The minimum atomic E-state index is -0.230. The molecule has 2 aromatic heterocycles. The number of aryl methyl sites for hydroxylation is 2. The van der Waals surface area contributed by atoms with Crippen molar-refractivity contribution in [1.29, 1.82) is 0 Å². The van der Waals surface area contributed by atoms with Gasteiger partial charge in [0, 0.05) is 18.8 Å². The van der Waals surface area contributed by atoms with Gasteiger partial charge in [-0.1, -0.05) is 30.3 Å². The summed E-state index contributed by atoms with van der Waals surface area (Å²) in [5.74, 6) is 1.42. The number of hydrogen-bond acceptors (Lipinski definition) is 4. The summed E-state index contributed by atoms with van der Waals surface area (Å²) in [4.78, 5) is 12.3. The molecule has 0 aliphatic carbocycles. The third kappa shape index (κ3) is 4.99. The molecule has 0 radical (unpaired) electrons. The smallest absolute Gasteiger partial charge is 0.286 e. The quantitative estimate of drug-likeness (QED) is 0.341. The largest absolute Gasteiger partial charge is 0.486 e. The Balaban J connectivity index is 1.25. The van der Waals surface area contributed by atoms with Crippen LogP contribution < -0.4 is 10.1 Å². The number of aromatic nitrogens is 2. The Morgan fingerprint density at radius 3 is 2.71 bits per heavy atom. The zero-order chi connectivity index (χ0) is 21.8. The fourth-order valence-corrected chi connectivity index (χ4v) is 3.68. The normalized spacial score (nSPS) is 11.1. The topological polar surface area (TPSA) is 69.3 Å². The number of furan rings is 1. The molecule has 4 rings (SSSR count). The third-order valence-electron chi connectivity index (χ3n) is 5.11. The molecule has 2 heterocycles. The Kier molecular flexibility index (Phi) is 6.42. The van der Waals surface area contributed by atoms with Crippen molar-refractivity contribution in [3.8, 4) is 5.75 Å². The maximum absolute atomic E-state index is 12.3. The van der Waals surface area contributed by atoms with Crippen molar-refractivity contribution >= 4 is 32.6 Å². The molecule has 0 bridgehead atoms. The highest BCUT2D eigenvalue weighted by Gasteiger charge is 2.12. The van der Waals surface area contributed by atoms with Crippen LogP contribution in [0.15, 0.2) is 63.5 Å². The molecule has 4 aromatic rings. The maximum atomic E-state index is 12.3. The first-order chi connectivity index (χ1) is 15.0. The van der Waals surface area contributed by atoms with E-state index in [4.69, 9.17) is 9.15 Å². The second-order valence-electron chi connectivity index (χ2n) is 7.38. The van der Waals surface area contributed by atoms with Gasteiger partial charge < -0.3 is 14.5 Å². The van der Waals surface area contributed by atoms with E-state index in [0.29, 0.717) is 12.3 Å². The molecule has 0 aliphatic rings. The molecule has 1 amide bonds. The van der Waals surface area contributed by atoms with E-state index in [2.05, 4.69) is 32.4 Å². The molecule has 0 spiro atoms. The number of nitrogens with zero attached hydrogens (tertiary/aromatic N) is 2. The molecule has 7 heteroatoms. The lowest BCUT2D eigenvalue weighted by Crippen LogP contribution is -2.25. The summed E-state index contributed by atoms with van der Waals surface area (Å²) in [6.45, 7) is 5.53. The Hall–Kier alpha value is -3.06. The molecule has 160 valence electrons. The number of nitrogens with one attached hydrogen (secondary N) is 1. The van der Waals surface area contributed by atoms with E-state index in [0.717, 1.165) is 45.3 Å². The van der Waals surface area contributed by atoms with Crippen molar-refractivity contribution in [3.63, 3.8) is 0 Å². The Morgan fingerprint density at radius 2 is 1.94 bits per heavy atom. The van der Waals surface area contributed by atoms with Crippen LogP contribution in [0.4, 0.5) is 0 Å². The zero-order valence-electron chi connectivity index (χ0n) is 17.5. The summed E-state index contributed by atoms with van der Waals surface area (Å²) in [7, 11) is 0. The first-order valence-corrected chi connectivity index (χ1v) is 11.0. The predicted molar refractivity (Wildman–Crippen MR) is 123 cm³/mol. The minimum Gasteiger partial charge on any atom is -0.486 e. The van der Waals surface area contributed by atoms with E-state index in [1.54, 1.807) is 12.1 Å². The number of fused-ring (bicyclic) bond motifs is 1. The van der Waals surface area contributed by atoms with Gasteiger partial charge in [0.1, 0.15) is 18.1 Å². The lowest BCUT2D eigenvalue weighted by molar-refractivity contribution is 0.0921. The van der Waals surface area contributed by atoms with Crippen LogP contribution in [0.5, 0.6) is 5.75 Å². The lowest BCUT2D eigenvalue weighted by Gasteiger charge is -2.06. The van der Waals surface area contributed by atoms with E-state index >= 15 is 0 Å². The molecule has 0 saturated carbocycles. The molecular weight excluding hydrogens is 458 g/mol. The maximum Gasteiger partial charge on any atom is 0.286 e. The summed E-state index contributed by atoms with van der Waals surface area (Å²) in [5, 5.41) is 9.65. The van der Waals surface area contributed by atoms with Gasteiger partial charge in [-0.2, -0.15) is 5.10 Å². The Bertz CT molecular complexity index is 1210. The van der Waals surface area contributed by atoms with Crippen molar-refractivity contribution in [2.75, 3.05) is 6.54 Å². The average molecular weight is 482 g/mol. The van der Waals surface area contributed by atoms with Crippen molar-refractivity contribution in [3.05, 3.63) is 82.0 Å². The van der Waals surface area contributed by atoms with Gasteiger partial charge in [-0.25, -0.2) is 0 Å². The molecule has 0 fully saturated rings. The van der Waals surface area contributed by atoms with Gasteiger partial charge >= 0.3 is 0 Å². The molecule has 2 aromatic carbocycles. The number of carbonyl (C=O) groups excluding carboxylic acids is 1. The Labute approximate surface area is 189 Å². The van der Waals surface area contributed by atoms with Gasteiger partial charge in [-0.15, -0.1) is 0 Å². The highest BCUT2D eigenvalue weighted by Crippen LogP contribution is 2.22. The predicted octanol–water partition coefficient (Wildman–Crippen LogP) is 5.41. The fourth-order valence-electron chi connectivity index (χ4n) is 3.40. The van der Waals surface area contributed by atoms with E-state index in [1.807, 2.05) is 54.9 Å². The average Bonchev–Trinajstić information content (AvgIpc) is 3.36. The highest BCUT2D eigenvalue weighted by atomic mass is 79.9. The third-order valence-corrected chi connectivity index (χ3v) is 6.26. The van der Waals surface area contributed by atoms with Gasteiger partial charge in [0.05, 0.1) is 10.2 Å². The van der Waals surface area contributed by atoms with Crippen LogP contribution in [-0.2, 0) is 13.2 Å². The number of halogens is 1. The number of benzene rings is 2.